The van der Waals surface area contributed by atoms with E-state index >= 15 is 0 Å². The van der Waals surface area contributed by atoms with Crippen molar-refractivity contribution in [2.75, 3.05) is 0 Å². The number of rotatable bonds is 5. The van der Waals surface area contributed by atoms with Gasteiger partial charge in [-0.1, -0.05) is 6.92 Å². The van der Waals surface area contributed by atoms with Crippen LogP contribution in [0.5, 0.6) is 11.8 Å². The van der Waals surface area contributed by atoms with Crippen molar-refractivity contribution >= 4 is 22.6 Å². The van der Waals surface area contributed by atoms with Gasteiger partial charge < -0.3 is 10.5 Å². The van der Waals surface area contributed by atoms with Crippen molar-refractivity contribution in [3.63, 3.8) is 0 Å². The normalized spacial score (nSPS) is 12.2. The van der Waals surface area contributed by atoms with Gasteiger partial charge in [-0.25, -0.2) is 9.97 Å². The topological polar surface area (TPSA) is 61.0 Å². The number of hydrogen-bond donors (Lipinski definition) is 1. The molecule has 1 aromatic carbocycles. The highest BCUT2D eigenvalue weighted by molar-refractivity contribution is 14.1. The molecule has 0 fully saturated rings. The Morgan fingerprint density at radius 1 is 1.21 bits per heavy atom. The summed E-state index contributed by atoms with van der Waals surface area (Å²) in [7, 11) is 0. The van der Waals surface area contributed by atoms with Gasteiger partial charge in [0.2, 0.25) is 0 Å². The van der Waals surface area contributed by atoms with Crippen LogP contribution >= 0.6 is 22.6 Å². The summed E-state index contributed by atoms with van der Waals surface area (Å²) in [6.45, 7) is 2.07. The van der Waals surface area contributed by atoms with Gasteiger partial charge in [0.25, 0.3) is 0 Å². The molecule has 1 aromatic heterocycles. The lowest BCUT2D eigenvalue weighted by Crippen LogP contribution is -2.21. The average molecular weight is 369 g/mol. The zero-order valence-corrected chi connectivity index (χ0v) is 12.9. The van der Waals surface area contributed by atoms with Crippen molar-refractivity contribution in [1.29, 1.82) is 0 Å². The van der Waals surface area contributed by atoms with Gasteiger partial charge in [-0.2, -0.15) is 0 Å². The maximum absolute atomic E-state index is 5.89. The molecule has 0 aliphatic rings. The lowest BCUT2D eigenvalue weighted by molar-refractivity contribution is 0.440. The molecule has 2 rings (SSSR count). The molecule has 1 heterocycles. The molecule has 5 heteroatoms. The molecular formula is C14H16IN3O. The fourth-order valence-corrected chi connectivity index (χ4v) is 1.92. The van der Waals surface area contributed by atoms with Crippen LogP contribution < -0.4 is 10.5 Å². The molecule has 0 saturated heterocycles. The van der Waals surface area contributed by atoms with Crippen LogP contribution in [-0.4, -0.2) is 16.0 Å². The number of halogens is 1. The van der Waals surface area contributed by atoms with Gasteiger partial charge in [-0.3, -0.25) is 0 Å². The fraction of sp³-hybridized carbons (Fsp3) is 0.286. The van der Waals surface area contributed by atoms with Crippen LogP contribution in [0.15, 0.2) is 36.7 Å². The molecule has 100 valence electrons. The van der Waals surface area contributed by atoms with Gasteiger partial charge in [0, 0.05) is 22.0 Å². The van der Waals surface area contributed by atoms with Crippen LogP contribution in [0.4, 0.5) is 0 Å². The van der Waals surface area contributed by atoms with Crippen molar-refractivity contribution < 1.29 is 4.74 Å². The Kier molecular flexibility index (Phi) is 5.09. The predicted octanol–water partition coefficient (Wildman–Crippen LogP) is 3.15. The molecule has 0 bridgehead atoms. The summed E-state index contributed by atoms with van der Waals surface area (Å²) in [5, 5.41) is 0. The maximum Gasteiger partial charge on any atom is 0.321 e. The van der Waals surface area contributed by atoms with Crippen molar-refractivity contribution in [3.8, 4) is 11.8 Å². The maximum atomic E-state index is 5.89. The van der Waals surface area contributed by atoms with Crippen LogP contribution in [-0.2, 0) is 6.42 Å². The van der Waals surface area contributed by atoms with Crippen LogP contribution in [0.2, 0.25) is 0 Å². The predicted molar refractivity (Wildman–Crippen MR) is 83.2 cm³/mol. The Morgan fingerprint density at radius 2 is 1.84 bits per heavy atom. The Balaban J connectivity index is 2.00. The van der Waals surface area contributed by atoms with E-state index in [-0.39, 0.29) is 6.04 Å². The van der Waals surface area contributed by atoms with Gasteiger partial charge in [-0.15, -0.1) is 0 Å². The third-order valence-corrected chi connectivity index (χ3v) is 3.45. The van der Waals surface area contributed by atoms with Crippen molar-refractivity contribution in [2.24, 2.45) is 5.73 Å². The van der Waals surface area contributed by atoms with Crippen LogP contribution in [0.1, 0.15) is 18.9 Å². The van der Waals surface area contributed by atoms with E-state index in [1.54, 1.807) is 12.4 Å². The largest absolute Gasteiger partial charge is 0.424 e. The highest BCUT2D eigenvalue weighted by Crippen LogP contribution is 2.18. The highest BCUT2D eigenvalue weighted by Gasteiger charge is 2.04. The molecule has 0 amide bonds. The van der Waals surface area contributed by atoms with Gasteiger partial charge >= 0.3 is 6.01 Å². The molecule has 0 radical (unpaired) electrons. The summed E-state index contributed by atoms with van der Waals surface area (Å²) in [4.78, 5) is 8.39. The molecule has 2 N–H and O–H groups in total. The van der Waals surface area contributed by atoms with Crippen LogP contribution in [0.25, 0.3) is 0 Å². The van der Waals surface area contributed by atoms with Gasteiger partial charge in [0.1, 0.15) is 5.75 Å². The summed E-state index contributed by atoms with van der Waals surface area (Å²) >= 11 is 2.25. The first kappa shape index (κ1) is 14.2. The van der Waals surface area contributed by atoms with E-state index in [9.17, 15) is 0 Å². The van der Waals surface area contributed by atoms with E-state index in [1.165, 1.54) is 0 Å². The van der Waals surface area contributed by atoms with E-state index in [1.807, 2.05) is 24.3 Å². The van der Waals surface area contributed by atoms with E-state index in [4.69, 9.17) is 10.5 Å². The first-order valence-electron chi connectivity index (χ1n) is 6.17. The second kappa shape index (κ2) is 6.81. The van der Waals surface area contributed by atoms with E-state index in [2.05, 4.69) is 39.5 Å². The van der Waals surface area contributed by atoms with Crippen LogP contribution in [0, 0.1) is 3.57 Å². The quantitative estimate of drug-likeness (QED) is 0.823. The summed E-state index contributed by atoms with van der Waals surface area (Å²) in [5.74, 6) is 0.735. The third kappa shape index (κ3) is 4.43. The Morgan fingerprint density at radius 3 is 2.42 bits per heavy atom. The van der Waals surface area contributed by atoms with E-state index < -0.39 is 0 Å². The average Bonchev–Trinajstić information content (AvgIpc) is 2.43. The molecule has 0 aliphatic heterocycles. The van der Waals surface area contributed by atoms with Gasteiger partial charge in [-0.05, 0) is 65.3 Å². The zero-order chi connectivity index (χ0) is 13.7. The van der Waals surface area contributed by atoms with Gasteiger partial charge in [0.05, 0.1) is 0 Å². The number of nitrogens with two attached hydrogens (primary N) is 1. The first-order chi connectivity index (χ1) is 9.17. The molecule has 0 aliphatic carbocycles. The smallest absolute Gasteiger partial charge is 0.321 e. The van der Waals surface area contributed by atoms with Crippen molar-refractivity contribution in [1.82, 2.24) is 9.97 Å². The number of nitrogens with zero attached hydrogens (tertiary/aromatic N) is 2. The molecule has 1 unspecified atom stereocenters. The standard InChI is InChI=1S/C14H16IN3O/c1-2-12(16)7-10-8-17-14(18-9-10)19-13-5-3-11(15)4-6-13/h3-6,8-9,12H,2,7,16H2,1H3. The number of ether oxygens (including phenoxy) is 1. The first-order valence-corrected chi connectivity index (χ1v) is 7.25. The Hall–Kier alpha value is -1.21. The fourth-order valence-electron chi connectivity index (χ4n) is 1.56. The molecule has 0 saturated carbocycles. The van der Waals surface area contributed by atoms with E-state index in [0.717, 1.165) is 27.7 Å². The number of aromatic nitrogens is 2. The lowest BCUT2D eigenvalue weighted by atomic mass is 10.1. The minimum atomic E-state index is 0.159. The summed E-state index contributed by atoms with van der Waals surface area (Å²) in [6, 6.07) is 8.26. The molecule has 0 spiro atoms. The third-order valence-electron chi connectivity index (χ3n) is 2.73. The second-order valence-corrected chi connectivity index (χ2v) is 5.55. The minimum absolute atomic E-state index is 0.159. The molecule has 2 aromatic rings. The summed E-state index contributed by atoms with van der Waals surface area (Å²) in [5.41, 5.74) is 6.93. The Bertz CT molecular complexity index is 513. The number of benzene rings is 1. The zero-order valence-electron chi connectivity index (χ0n) is 10.7. The summed E-state index contributed by atoms with van der Waals surface area (Å²) < 4.78 is 6.72. The van der Waals surface area contributed by atoms with Crippen molar-refractivity contribution in [3.05, 3.63) is 45.8 Å². The highest BCUT2D eigenvalue weighted by atomic mass is 127. The minimum Gasteiger partial charge on any atom is -0.424 e. The Labute approximate surface area is 126 Å². The van der Waals surface area contributed by atoms with E-state index in [0.29, 0.717) is 6.01 Å². The second-order valence-electron chi connectivity index (χ2n) is 4.30. The summed E-state index contributed by atoms with van der Waals surface area (Å²) in [6.07, 6.45) is 5.27. The SMILES string of the molecule is CCC(N)Cc1cnc(Oc2ccc(I)cc2)nc1. The molecular weight excluding hydrogens is 353 g/mol. The number of hydrogen-bond acceptors (Lipinski definition) is 4. The van der Waals surface area contributed by atoms with Gasteiger partial charge in [0.15, 0.2) is 0 Å². The monoisotopic (exact) mass is 369 g/mol. The molecule has 19 heavy (non-hydrogen) atoms. The lowest BCUT2D eigenvalue weighted by Gasteiger charge is -2.08. The van der Waals surface area contributed by atoms with Crippen molar-refractivity contribution in [2.45, 2.75) is 25.8 Å². The molecule has 4 nitrogen and oxygen atoms in total. The molecule has 1 atom stereocenters. The van der Waals surface area contributed by atoms with Crippen LogP contribution in [0.3, 0.4) is 0 Å².